The molecule has 0 fully saturated rings. The number of phosphoric acid groups is 1. The molecule has 0 aliphatic carbocycles. The van der Waals surface area contributed by atoms with Crippen LogP contribution in [-0.2, 0) is 32.7 Å². The second kappa shape index (κ2) is 44.3. The van der Waals surface area contributed by atoms with Gasteiger partial charge in [-0.15, -0.1) is 0 Å². The predicted molar refractivity (Wildman–Crippen MR) is 243 cm³/mol. The highest BCUT2D eigenvalue weighted by molar-refractivity contribution is 7.47. The van der Waals surface area contributed by atoms with E-state index in [1.807, 2.05) is 0 Å². The van der Waals surface area contributed by atoms with Crippen molar-refractivity contribution in [1.29, 1.82) is 0 Å². The molecule has 0 amide bonds. The van der Waals surface area contributed by atoms with Gasteiger partial charge in [0.15, 0.2) is 6.10 Å². The fourth-order valence-corrected chi connectivity index (χ4v) is 6.88. The third-order valence-corrected chi connectivity index (χ3v) is 10.6. The van der Waals surface area contributed by atoms with Gasteiger partial charge in [-0.05, 0) is 84.1 Å². The molecule has 0 aromatic heterocycles. The minimum Gasteiger partial charge on any atom is -0.462 e. The lowest BCUT2D eigenvalue weighted by molar-refractivity contribution is -0.161. The number of rotatable bonds is 43. The molecule has 0 spiro atoms. The second-order valence-corrected chi connectivity index (χ2v) is 16.7. The van der Waals surface area contributed by atoms with Crippen LogP contribution < -0.4 is 5.32 Å². The Kier molecular flexibility index (Phi) is 42.5. The van der Waals surface area contributed by atoms with Gasteiger partial charge in [-0.3, -0.25) is 18.6 Å². The summed E-state index contributed by atoms with van der Waals surface area (Å²) >= 11 is 0. The fourth-order valence-electron chi connectivity index (χ4n) is 6.13. The molecule has 0 saturated carbocycles. The van der Waals surface area contributed by atoms with Crippen LogP contribution in [0, 0.1) is 0 Å². The number of hydrogen-bond donors (Lipinski definition) is 2. The van der Waals surface area contributed by atoms with E-state index < -0.39 is 32.5 Å². The summed E-state index contributed by atoms with van der Waals surface area (Å²) in [5, 5.41) is 2.82. The quantitative estimate of drug-likeness (QED) is 0.0268. The maximum atomic E-state index is 12.7. The molecule has 9 nitrogen and oxygen atoms in total. The molecule has 0 aromatic rings. The van der Waals surface area contributed by atoms with E-state index in [-0.39, 0.29) is 26.1 Å². The first kappa shape index (κ1) is 55.7. The zero-order valence-electron chi connectivity index (χ0n) is 37.2. The van der Waals surface area contributed by atoms with Crippen molar-refractivity contribution in [3.63, 3.8) is 0 Å². The van der Waals surface area contributed by atoms with Gasteiger partial charge >= 0.3 is 19.8 Å². The van der Waals surface area contributed by atoms with Gasteiger partial charge in [0.1, 0.15) is 6.61 Å². The van der Waals surface area contributed by atoms with E-state index in [1.165, 1.54) is 96.3 Å². The summed E-state index contributed by atoms with van der Waals surface area (Å²) in [6.45, 7) is 4.06. The molecule has 0 radical (unpaired) electrons. The number of phosphoric ester groups is 1. The fraction of sp³-hybridized carbons (Fsp3) is 0.750. The summed E-state index contributed by atoms with van der Waals surface area (Å²) < 4.78 is 33.2. The van der Waals surface area contributed by atoms with Gasteiger partial charge in [0.2, 0.25) is 0 Å². The molecule has 58 heavy (non-hydrogen) atoms. The number of hydrogen-bond acceptors (Lipinski definition) is 8. The Bertz CT molecular complexity index is 1130. The molecule has 0 saturated heterocycles. The van der Waals surface area contributed by atoms with Gasteiger partial charge in [0.25, 0.3) is 0 Å². The summed E-state index contributed by atoms with van der Waals surface area (Å²) in [4.78, 5) is 35.1. The lowest BCUT2D eigenvalue weighted by atomic mass is 10.0. The standard InChI is InChI=1S/C48H86NO8P/c1-4-6-8-10-12-14-16-18-20-21-22-23-24-25-27-29-31-33-35-37-39-41-48(51)57-46(45-56-58(52,53)55-43-42-49-3)44-54-47(50)40-38-36-34-32-30-28-26-19-17-15-13-11-9-7-5-2/h7,9,13,15,18-20,26,30,32,46,49H,4-6,8,10-12,14,16-17,21-25,27-29,31,33-45H2,1-3H3,(H,52,53)/b9-7-,15-13-,20-18-,26-19-,32-30-. The molecule has 2 atom stereocenters. The second-order valence-electron chi connectivity index (χ2n) is 15.2. The molecule has 0 bridgehead atoms. The largest absolute Gasteiger partial charge is 0.472 e. The minimum atomic E-state index is -4.36. The average molecular weight is 836 g/mol. The molecule has 0 aromatic carbocycles. The molecule has 10 heteroatoms. The maximum absolute atomic E-state index is 12.7. The van der Waals surface area contributed by atoms with Crippen LogP contribution >= 0.6 is 7.82 Å². The van der Waals surface area contributed by atoms with E-state index >= 15 is 0 Å². The Morgan fingerprint density at radius 1 is 0.552 bits per heavy atom. The number of ether oxygens (including phenoxy) is 2. The third-order valence-electron chi connectivity index (χ3n) is 9.62. The number of esters is 2. The van der Waals surface area contributed by atoms with Crippen LogP contribution in [0.25, 0.3) is 0 Å². The van der Waals surface area contributed by atoms with E-state index in [1.54, 1.807) is 7.05 Å². The Balaban J connectivity index is 4.21. The molecule has 0 rings (SSSR count). The number of likely N-dealkylation sites (N-methyl/N-ethyl adjacent to an activating group) is 1. The van der Waals surface area contributed by atoms with E-state index in [4.69, 9.17) is 18.5 Å². The normalized spacial score (nSPS) is 13.8. The number of unbranched alkanes of at least 4 members (excludes halogenated alkanes) is 19. The smallest absolute Gasteiger partial charge is 0.462 e. The Morgan fingerprint density at radius 3 is 1.52 bits per heavy atom. The van der Waals surface area contributed by atoms with Crippen LogP contribution in [0.15, 0.2) is 60.8 Å². The van der Waals surface area contributed by atoms with Gasteiger partial charge in [0, 0.05) is 19.4 Å². The highest BCUT2D eigenvalue weighted by atomic mass is 31.2. The molecule has 0 aliphatic heterocycles. The van der Waals surface area contributed by atoms with Crippen LogP contribution in [0.1, 0.15) is 194 Å². The van der Waals surface area contributed by atoms with Crippen molar-refractivity contribution >= 4 is 19.8 Å². The van der Waals surface area contributed by atoms with E-state index in [9.17, 15) is 19.0 Å². The van der Waals surface area contributed by atoms with Gasteiger partial charge in [0.05, 0.1) is 13.2 Å². The van der Waals surface area contributed by atoms with Gasteiger partial charge in [-0.25, -0.2) is 4.57 Å². The van der Waals surface area contributed by atoms with Crippen molar-refractivity contribution in [1.82, 2.24) is 5.32 Å². The van der Waals surface area contributed by atoms with Gasteiger partial charge in [-0.2, -0.15) is 0 Å². The molecule has 0 heterocycles. The van der Waals surface area contributed by atoms with Crippen molar-refractivity contribution in [2.45, 2.75) is 200 Å². The van der Waals surface area contributed by atoms with Crippen molar-refractivity contribution in [2.24, 2.45) is 0 Å². The maximum Gasteiger partial charge on any atom is 0.472 e. The van der Waals surface area contributed by atoms with Crippen molar-refractivity contribution in [2.75, 3.05) is 33.4 Å². The van der Waals surface area contributed by atoms with E-state index in [2.05, 4.69) is 79.9 Å². The van der Waals surface area contributed by atoms with Crippen molar-refractivity contribution in [3.05, 3.63) is 60.8 Å². The SMILES string of the molecule is CC/C=C\C/C=C\C/C=C\C/C=C\CCCCC(=O)OCC(COP(=O)(O)OCCNC)OC(=O)CCCCCCCCCCCCC/C=C\CCCCCCCC. The lowest BCUT2D eigenvalue weighted by Gasteiger charge is -2.20. The van der Waals surface area contributed by atoms with Crippen LogP contribution in [0.4, 0.5) is 0 Å². The average Bonchev–Trinajstić information content (AvgIpc) is 3.21. The molecule has 336 valence electrons. The zero-order valence-corrected chi connectivity index (χ0v) is 38.1. The van der Waals surface area contributed by atoms with E-state index in [0.29, 0.717) is 19.4 Å². The van der Waals surface area contributed by atoms with Crippen LogP contribution in [0.2, 0.25) is 0 Å². The first-order valence-corrected chi connectivity index (χ1v) is 24.7. The summed E-state index contributed by atoms with van der Waals surface area (Å²) in [5.74, 6) is -0.856. The molecule has 0 aliphatic rings. The number of nitrogens with one attached hydrogen (secondary N) is 1. The predicted octanol–water partition coefficient (Wildman–Crippen LogP) is 13.5. The third kappa shape index (κ3) is 43.3. The van der Waals surface area contributed by atoms with Crippen LogP contribution in [0.3, 0.4) is 0 Å². The molecule has 2 N–H and O–H groups in total. The van der Waals surface area contributed by atoms with Crippen LogP contribution in [-0.4, -0.2) is 56.3 Å². The highest BCUT2D eigenvalue weighted by Crippen LogP contribution is 2.43. The Hall–Kier alpha value is -2.29. The summed E-state index contributed by atoms with van der Waals surface area (Å²) in [5.41, 5.74) is 0. The minimum absolute atomic E-state index is 0.0257. The van der Waals surface area contributed by atoms with Crippen LogP contribution in [0.5, 0.6) is 0 Å². The summed E-state index contributed by atoms with van der Waals surface area (Å²) in [6, 6.07) is 0. The number of carbonyl (C=O) groups excluding carboxylic acids is 2. The van der Waals surface area contributed by atoms with Gasteiger partial charge in [-0.1, -0.05) is 164 Å². The first-order chi connectivity index (χ1) is 28.3. The Morgan fingerprint density at radius 2 is 0.983 bits per heavy atom. The zero-order chi connectivity index (χ0) is 42.5. The molecule has 2 unspecified atom stereocenters. The summed E-state index contributed by atoms with van der Waals surface area (Å²) in [7, 11) is -2.67. The number of allylic oxidation sites excluding steroid dienone is 10. The molecular formula is C48H86NO8P. The van der Waals surface area contributed by atoms with Crippen molar-refractivity contribution in [3.8, 4) is 0 Å². The topological polar surface area (TPSA) is 120 Å². The Labute approximate surface area is 355 Å². The van der Waals surface area contributed by atoms with E-state index in [0.717, 1.165) is 57.8 Å². The number of carbonyl (C=O) groups is 2. The summed E-state index contributed by atoms with van der Waals surface area (Å²) in [6.07, 6.45) is 51.3. The highest BCUT2D eigenvalue weighted by Gasteiger charge is 2.26. The van der Waals surface area contributed by atoms with Gasteiger partial charge < -0.3 is 19.7 Å². The lowest BCUT2D eigenvalue weighted by Crippen LogP contribution is -2.29. The molecular weight excluding hydrogens is 750 g/mol. The monoisotopic (exact) mass is 836 g/mol. The van der Waals surface area contributed by atoms with Crippen molar-refractivity contribution < 1.29 is 37.6 Å². The first-order valence-electron chi connectivity index (χ1n) is 23.2.